The second-order valence-electron chi connectivity index (χ2n) is 6.20. The molecule has 0 aromatic carbocycles. The molecule has 0 heterocycles. The molecule has 0 amide bonds. The summed E-state index contributed by atoms with van der Waals surface area (Å²) in [6, 6.07) is 1.08. The second kappa shape index (κ2) is 8.89. The fourth-order valence-electron chi connectivity index (χ4n) is 2.42. The predicted octanol–water partition coefficient (Wildman–Crippen LogP) is 2.76. The summed E-state index contributed by atoms with van der Waals surface area (Å²) in [4.78, 5) is 2.50. The number of likely N-dealkylation sites (N-methyl/N-ethyl adjacent to an activating group) is 1. The zero-order valence-electron chi connectivity index (χ0n) is 13.5. The van der Waals surface area contributed by atoms with E-state index in [1.165, 1.54) is 6.42 Å². The highest BCUT2D eigenvalue weighted by molar-refractivity contribution is 4.81. The Morgan fingerprint density at radius 3 is 2.22 bits per heavy atom. The minimum absolute atomic E-state index is 0.319. The van der Waals surface area contributed by atoms with E-state index in [1.807, 2.05) is 0 Å². The molecule has 0 saturated heterocycles. The molecule has 0 saturated carbocycles. The van der Waals surface area contributed by atoms with Crippen LogP contribution in [0.25, 0.3) is 0 Å². The van der Waals surface area contributed by atoms with E-state index in [2.05, 4.69) is 51.8 Å². The van der Waals surface area contributed by atoms with Gasteiger partial charge in [-0.2, -0.15) is 0 Å². The van der Waals surface area contributed by atoms with Crippen molar-refractivity contribution in [3.05, 3.63) is 0 Å². The minimum atomic E-state index is 0.319. The standard InChI is InChI=1S/C15H34N2O/c1-8-16-14(15(4,5)6)10-11-17(9-2)13(3)12-18-7/h13-14,16H,8-12H2,1-7H3. The van der Waals surface area contributed by atoms with E-state index in [9.17, 15) is 0 Å². The van der Waals surface area contributed by atoms with Gasteiger partial charge in [0.25, 0.3) is 0 Å². The maximum atomic E-state index is 5.25. The van der Waals surface area contributed by atoms with Gasteiger partial charge in [-0.05, 0) is 38.4 Å². The summed E-state index contributed by atoms with van der Waals surface area (Å²) < 4.78 is 5.25. The Bertz CT molecular complexity index is 201. The molecular weight excluding hydrogens is 224 g/mol. The maximum Gasteiger partial charge on any atom is 0.0615 e. The molecule has 0 aromatic heterocycles. The zero-order chi connectivity index (χ0) is 14.2. The molecule has 18 heavy (non-hydrogen) atoms. The Hall–Kier alpha value is -0.120. The first-order chi connectivity index (χ1) is 8.36. The highest BCUT2D eigenvalue weighted by Gasteiger charge is 2.24. The Morgan fingerprint density at radius 1 is 1.22 bits per heavy atom. The topological polar surface area (TPSA) is 24.5 Å². The van der Waals surface area contributed by atoms with Crippen LogP contribution in [0.1, 0.15) is 48.0 Å². The van der Waals surface area contributed by atoms with Crippen molar-refractivity contribution in [1.29, 1.82) is 0 Å². The van der Waals surface area contributed by atoms with Crippen LogP contribution in [-0.4, -0.2) is 50.3 Å². The summed E-state index contributed by atoms with van der Waals surface area (Å²) >= 11 is 0. The molecule has 1 N–H and O–H groups in total. The third kappa shape index (κ3) is 6.72. The van der Waals surface area contributed by atoms with Gasteiger partial charge in [0.05, 0.1) is 6.61 Å². The molecule has 3 heteroatoms. The quantitative estimate of drug-likeness (QED) is 0.688. The van der Waals surface area contributed by atoms with E-state index in [1.54, 1.807) is 7.11 Å². The lowest BCUT2D eigenvalue weighted by Crippen LogP contribution is -2.44. The molecule has 0 aliphatic heterocycles. The summed E-state index contributed by atoms with van der Waals surface area (Å²) in [5, 5.41) is 3.62. The average Bonchev–Trinajstić information content (AvgIpc) is 2.27. The summed E-state index contributed by atoms with van der Waals surface area (Å²) in [6.07, 6.45) is 1.19. The molecule has 0 radical (unpaired) electrons. The van der Waals surface area contributed by atoms with E-state index >= 15 is 0 Å². The van der Waals surface area contributed by atoms with Crippen LogP contribution in [0.4, 0.5) is 0 Å². The van der Waals surface area contributed by atoms with Crippen LogP contribution >= 0.6 is 0 Å². The van der Waals surface area contributed by atoms with Crippen molar-refractivity contribution < 1.29 is 4.74 Å². The first kappa shape index (κ1) is 17.9. The van der Waals surface area contributed by atoms with Gasteiger partial charge in [-0.25, -0.2) is 0 Å². The first-order valence-electron chi connectivity index (χ1n) is 7.33. The fourth-order valence-corrected chi connectivity index (χ4v) is 2.42. The van der Waals surface area contributed by atoms with E-state index in [0.717, 1.165) is 26.2 Å². The fraction of sp³-hybridized carbons (Fsp3) is 1.00. The lowest BCUT2D eigenvalue weighted by molar-refractivity contribution is 0.0951. The van der Waals surface area contributed by atoms with Gasteiger partial charge in [0.15, 0.2) is 0 Å². The molecule has 0 bridgehead atoms. The van der Waals surface area contributed by atoms with Gasteiger partial charge in [-0.1, -0.05) is 34.6 Å². The van der Waals surface area contributed by atoms with Crippen molar-refractivity contribution >= 4 is 0 Å². The van der Waals surface area contributed by atoms with Crippen LogP contribution in [0.15, 0.2) is 0 Å². The number of nitrogens with zero attached hydrogens (tertiary/aromatic N) is 1. The number of rotatable bonds is 9. The van der Waals surface area contributed by atoms with Crippen LogP contribution in [0.3, 0.4) is 0 Å². The van der Waals surface area contributed by atoms with E-state index in [-0.39, 0.29) is 0 Å². The van der Waals surface area contributed by atoms with Crippen LogP contribution in [0.5, 0.6) is 0 Å². The summed E-state index contributed by atoms with van der Waals surface area (Å²) in [6.45, 7) is 17.7. The lowest BCUT2D eigenvalue weighted by Gasteiger charge is -2.35. The number of hydrogen-bond donors (Lipinski definition) is 1. The normalized spacial score (nSPS) is 16.0. The smallest absolute Gasteiger partial charge is 0.0615 e. The number of ether oxygens (including phenoxy) is 1. The SMILES string of the molecule is CCNC(CCN(CC)C(C)COC)C(C)(C)C. The molecule has 0 aliphatic carbocycles. The molecule has 3 nitrogen and oxygen atoms in total. The summed E-state index contributed by atoms with van der Waals surface area (Å²) in [5.74, 6) is 0. The van der Waals surface area contributed by atoms with Crippen LogP contribution < -0.4 is 5.32 Å². The molecule has 0 fully saturated rings. The Balaban J connectivity index is 4.30. The molecule has 110 valence electrons. The first-order valence-corrected chi connectivity index (χ1v) is 7.33. The largest absolute Gasteiger partial charge is 0.383 e. The minimum Gasteiger partial charge on any atom is -0.383 e. The van der Waals surface area contributed by atoms with Gasteiger partial charge in [-0.3, -0.25) is 4.90 Å². The van der Waals surface area contributed by atoms with Gasteiger partial charge in [0.2, 0.25) is 0 Å². The third-order valence-corrected chi connectivity index (χ3v) is 3.64. The molecule has 0 aliphatic rings. The Morgan fingerprint density at radius 2 is 1.83 bits per heavy atom. The third-order valence-electron chi connectivity index (χ3n) is 3.64. The average molecular weight is 258 g/mol. The van der Waals surface area contributed by atoms with Gasteiger partial charge >= 0.3 is 0 Å². The number of nitrogens with one attached hydrogen (secondary N) is 1. The van der Waals surface area contributed by atoms with Crippen molar-refractivity contribution in [3.8, 4) is 0 Å². The Kier molecular flexibility index (Phi) is 8.83. The Labute approximate surface area is 114 Å². The number of methoxy groups -OCH3 is 1. The highest BCUT2D eigenvalue weighted by atomic mass is 16.5. The molecule has 0 rings (SSSR count). The van der Waals surface area contributed by atoms with Crippen LogP contribution in [0.2, 0.25) is 0 Å². The number of hydrogen-bond acceptors (Lipinski definition) is 3. The molecule has 0 aromatic rings. The van der Waals surface area contributed by atoms with Crippen molar-refractivity contribution in [2.75, 3.05) is 33.4 Å². The predicted molar refractivity (Wildman–Crippen MR) is 80.1 cm³/mol. The van der Waals surface area contributed by atoms with Crippen molar-refractivity contribution in [1.82, 2.24) is 10.2 Å². The zero-order valence-corrected chi connectivity index (χ0v) is 13.5. The molecular formula is C15H34N2O. The molecule has 2 atom stereocenters. The van der Waals surface area contributed by atoms with E-state index in [0.29, 0.717) is 17.5 Å². The van der Waals surface area contributed by atoms with Gasteiger partial charge in [0, 0.05) is 19.2 Å². The van der Waals surface area contributed by atoms with Crippen molar-refractivity contribution in [3.63, 3.8) is 0 Å². The molecule has 0 spiro atoms. The van der Waals surface area contributed by atoms with Crippen LogP contribution in [-0.2, 0) is 4.74 Å². The lowest BCUT2D eigenvalue weighted by atomic mass is 9.84. The van der Waals surface area contributed by atoms with Gasteiger partial charge in [-0.15, -0.1) is 0 Å². The van der Waals surface area contributed by atoms with Gasteiger partial charge in [0.1, 0.15) is 0 Å². The maximum absolute atomic E-state index is 5.25. The highest BCUT2D eigenvalue weighted by Crippen LogP contribution is 2.22. The van der Waals surface area contributed by atoms with Crippen molar-refractivity contribution in [2.45, 2.75) is 60.0 Å². The van der Waals surface area contributed by atoms with Gasteiger partial charge < -0.3 is 10.1 Å². The van der Waals surface area contributed by atoms with Crippen molar-refractivity contribution in [2.24, 2.45) is 5.41 Å². The van der Waals surface area contributed by atoms with Crippen LogP contribution in [0, 0.1) is 5.41 Å². The second-order valence-corrected chi connectivity index (χ2v) is 6.20. The van der Waals surface area contributed by atoms with E-state index < -0.39 is 0 Å². The molecule has 2 unspecified atom stereocenters. The van der Waals surface area contributed by atoms with E-state index in [4.69, 9.17) is 4.74 Å². The monoisotopic (exact) mass is 258 g/mol. The summed E-state index contributed by atoms with van der Waals surface area (Å²) in [7, 11) is 1.78. The summed E-state index contributed by atoms with van der Waals surface area (Å²) in [5.41, 5.74) is 0.319.